The zero-order valence-corrected chi connectivity index (χ0v) is 15.3. The van der Waals surface area contributed by atoms with Crippen molar-refractivity contribution >= 4 is 12.1 Å². The number of ether oxygens (including phenoxy) is 1. The summed E-state index contributed by atoms with van der Waals surface area (Å²) in [7, 11) is 0. The zero-order valence-electron chi connectivity index (χ0n) is 15.3. The third-order valence-corrected chi connectivity index (χ3v) is 5.11. The average Bonchev–Trinajstić information content (AvgIpc) is 2.72. The molecule has 1 unspecified atom stereocenters. The summed E-state index contributed by atoms with van der Waals surface area (Å²) in [5.41, 5.74) is -1.34. The van der Waals surface area contributed by atoms with E-state index < -0.39 is 17.7 Å². The van der Waals surface area contributed by atoms with Gasteiger partial charge in [0.15, 0.2) is 0 Å². The molecule has 3 rings (SSSR count). The van der Waals surface area contributed by atoms with E-state index in [1.54, 1.807) is 30.3 Å². The Balaban J connectivity index is 1.75. The van der Waals surface area contributed by atoms with Gasteiger partial charge in [0.05, 0.1) is 6.61 Å². The molecule has 0 saturated carbocycles. The number of esters is 1. The summed E-state index contributed by atoms with van der Waals surface area (Å²) in [6.45, 7) is 0.913. The number of piperidine rings is 1. The molecule has 28 heavy (non-hydrogen) atoms. The number of aromatic hydroxyl groups is 1. The van der Waals surface area contributed by atoms with Gasteiger partial charge in [-0.3, -0.25) is 0 Å². The number of aliphatic hydroxyl groups is 1. The monoisotopic (exact) mass is 385 g/mol. The lowest BCUT2D eigenvalue weighted by Crippen LogP contribution is -2.41. The first kappa shape index (κ1) is 19.7. The summed E-state index contributed by atoms with van der Waals surface area (Å²) in [5, 5.41) is 29.8. The molecule has 2 aromatic carbocycles. The molecule has 148 valence electrons. The number of phenols is 1. The van der Waals surface area contributed by atoms with Crippen molar-refractivity contribution in [3.63, 3.8) is 0 Å². The SMILES string of the molecule is O=C(O)N1CCC(COC(=O)C(O)(c2ccccc2)c2ccc(O)cc2)CC1. The zero-order chi connectivity index (χ0) is 20.1. The molecule has 1 saturated heterocycles. The molecule has 7 nitrogen and oxygen atoms in total. The van der Waals surface area contributed by atoms with Crippen LogP contribution in [0.3, 0.4) is 0 Å². The number of hydrogen-bond donors (Lipinski definition) is 3. The Hall–Kier alpha value is -3.06. The van der Waals surface area contributed by atoms with Crippen molar-refractivity contribution in [2.24, 2.45) is 5.92 Å². The lowest BCUT2D eigenvalue weighted by atomic mass is 9.86. The molecular formula is C21H23NO6. The van der Waals surface area contributed by atoms with Gasteiger partial charge < -0.3 is 25.0 Å². The molecule has 1 atom stereocenters. The van der Waals surface area contributed by atoms with Gasteiger partial charge >= 0.3 is 12.1 Å². The summed E-state index contributed by atoms with van der Waals surface area (Å²) in [6, 6.07) is 14.3. The van der Waals surface area contributed by atoms with E-state index in [-0.39, 0.29) is 18.3 Å². The van der Waals surface area contributed by atoms with Gasteiger partial charge in [-0.2, -0.15) is 0 Å². The molecule has 2 aromatic rings. The van der Waals surface area contributed by atoms with Crippen molar-refractivity contribution in [3.8, 4) is 5.75 Å². The molecule has 0 radical (unpaired) electrons. The van der Waals surface area contributed by atoms with E-state index in [1.807, 2.05) is 0 Å². The molecule has 0 aromatic heterocycles. The minimum Gasteiger partial charge on any atom is -0.508 e. The van der Waals surface area contributed by atoms with Gasteiger partial charge in [-0.25, -0.2) is 9.59 Å². The highest BCUT2D eigenvalue weighted by Gasteiger charge is 2.42. The van der Waals surface area contributed by atoms with E-state index in [2.05, 4.69) is 0 Å². The van der Waals surface area contributed by atoms with Crippen molar-refractivity contribution < 1.29 is 29.6 Å². The number of phenolic OH excluding ortho intramolecular Hbond substituents is 1. The molecule has 1 heterocycles. The van der Waals surface area contributed by atoms with E-state index in [1.165, 1.54) is 29.2 Å². The maximum absolute atomic E-state index is 12.9. The lowest BCUT2D eigenvalue weighted by Gasteiger charge is -2.31. The fourth-order valence-corrected chi connectivity index (χ4v) is 3.37. The number of likely N-dealkylation sites (tertiary alicyclic amines) is 1. The first-order chi connectivity index (χ1) is 13.4. The Morgan fingerprint density at radius 1 is 1.00 bits per heavy atom. The minimum absolute atomic E-state index is 0.0257. The van der Waals surface area contributed by atoms with E-state index in [9.17, 15) is 19.8 Å². The van der Waals surface area contributed by atoms with Crippen molar-refractivity contribution in [1.29, 1.82) is 0 Å². The van der Waals surface area contributed by atoms with Gasteiger partial charge in [0.2, 0.25) is 5.60 Å². The van der Waals surface area contributed by atoms with Gasteiger partial charge in [-0.05, 0) is 42.0 Å². The second-order valence-corrected chi connectivity index (χ2v) is 6.93. The largest absolute Gasteiger partial charge is 0.508 e. The first-order valence-electron chi connectivity index (χ1n) is 9.13. The van der Waals surface area contributed by atoms with Crippen LogP contribution >= 0.6 is 0 Å². The molecular weight excluding hydrogens is 362 g/mol. The second kappa shape index (κ2) is 8.31. The maximum atomic E-state index is 12.9. The van der Waals surface area contributed by atoms with E-state index in [0.29, 0.717) is 37.1 Å². The lowest BCUT2D eigenvalue weighted by molar-refractivity contribution is -0.164. The normalized spacial score (nSPS) is 17.0. The van der Waals surface area contributed by atoms with Gasteiger partial charge in [0.1, 0.15) is 5.75 Å². The van der Waals surface area contributed by atoms with Crippen LogP contribution in [0.4, 0.5) is 4.79 Å². The number of benzene rings is 2. The van der Waals surface area contributed by atoms with Crippen LogP contribution in [0.2, 0.25) is 0 Å². The molecule has 1 aliphatic heterocycles. The highest BCUT2D eigenvalue weighted by molar-refractivity contribution is 5.85. The van der Waals surface area contributed by atoms with Crippen LogP contribution in [0.5, 0.6) is 5.75 Å². The van der Waals surface area contributed by atoms with Crippen LogP contribution in [-0.4, -0.2) is 52.0 Å². The summed E-state index contributed by atoms with van der Waals surface area (Å²) >= 11 is 0. The minimum atomic E-state index is -2.00. The number of carboxylic acid groups (broad SMARTS) is 1. The quantitative estimate of drug-likeness (QED) is 0.683. The molecule has 3 N–H and O–H groups in total. The summed E-state index contributed by atoms with van der Waals surface area (Å²) in [5.74, 6) is -0.734. The van der Waals surface area contributed by atoms with E-state index >= 15 is 0 Å². The van der Waals surface area contributed by atoms with E-state index in [4.69, 9.17) is 9.84 Å². The maximum Gasteiger partial charge on any atom is 0.407 e. The van der Waals surface area contributed by atoms with Gasteiger partial charge in [0.25, 0.3) is 0 Å². The van der Waals surface area contributed by atoms with Gasteiger partial charge in [0, 0.05) is 13.1 Å². The van der Waals surface area contributed by atoms with Crippen LogP contribution in [0.1, 0.15) is 24.0 Å². The Labute approximate surface area is 162 Å². The predicted molar refractivity (Wildman–Crippen MR) is 101 cm³/mol. The van der Waals surface area contributed by atoms with Crippen LogP contribution in [0, 0.1) is 5.92 Å². The molecule has 0 aliphatic carbocycles. The summed E-state index contributed by atoms with van der Waals surface area (Å²) in [4.78, 5) is 25.3. The summed E-state index contributed by atoms with van der Waals surface area (Å²) in [6.07, 6.45) is 0.256. The summed E-state index contributed by atoms with van der Waals surface area (Å²) < 4.78 is 5.46. The van der Waals surface area contributed by atoms with Crippen LogP contribution in [0.25, 0.3) is 0 Å². The average molecular weight is 385 g/mol. The number of nitrogens with zero attached hydrogens (tertiary/aromatic N) is 1. The number of rotatable bonds is 5. The number of hydrogen-bond acceptors (Lipinski definition) is 5. The fraction of sp³-hybridized carbons (Fsp3) is 0.333. The van der Waals surface area contributed by atoms with Crippen LogP contribution < -0.4 is 0 Å². The third kappa shape index (κ3) is 4.09. The van der Waals surface area contributed by atoms with Crippen molar-refractivity contribution in [2.45, 2.75) is 18.4 Å². The van der Waals surface area contributed by atoms with Gasteiger partial charge in [-0.1, -0.05) is 42.5 Å². The van der Waals surface area contributed by atoms with Crippen molar-refractivity contribution in [3.05, 3.63) is 65.7 Å². The molecule has 1 fully saturated rings. The third-order valence-electron chi connectivity index (χ3n) is 5.11. The highest BCUT2D eigenvalue weighted by Crippen LogP contribution is 2.32. The molecule has 1 amide bonds. The van der Waals surface area contributed by atoms with Gasteiger partial charge in [-0.15, -0.1) is 0 Å². The Bertz CT molecular complexity index is 815. The Morgan fingerprint density at radius 3 is 2.14 bits per heavy atom. The number of carbonyl (C=O) groups is 2. The Kier molecular flexibility index (Phi) is 5.84. The fourth-order valence-electron chi connectivity index (χ4n) is 3.37. The molecule has 0 bridgehead atoms. The van der Waals surface area contributed by atoms with Crippen molar-refractivity contribution in [1.82, 2.24) is 4.90 Å². The molecule has 7 heteroatoms. The highest BCUT2D eigenvalue weighted by atomic mass is 16.5. The van der Waals surface area contributed by atoms with Crippen LogP contribution in [-0.2, 0) is 15.1 Å². The number of carbonyl (C=O) groups excluding carboxylic acids is 1. The smallest absolute Gasteiger partial charge is 0.407 e. The van der Waals surface area contributed by atoms with E-state index in [0.717, 1.165) is 0 Å². The first-order valence-corrected chi connectivity index (χ1v) is 9.13. The topological polar surface area (TPSA) is 107 Å². The molecule has 0 spiro atoms. The predicted octanol–water partition coefficient (Wildman–Crippen LogP) is 2.56. The van der Waals surface area contributed by atoms with Crippen molar-refractivity contribution in [2.75, 3.05) is 19.7 Å². The molecule has 1 aliphatic rings. The Morgan fingerprint density at radius 2 is 1.57 bits per heavy atom. The number of amides is 1. The van der Waals surface area contributed by atoms with Crippen LogP contribution in [0.15, 0.2) is 54.6 Å². The second-order valence-electron chi connectivity index (χ2n) is 6.93. The standard InChI is InChI=1S/C21H23NO6/c23-18-8-6-17(7-9-18)21(27,16-4-2-1-3-5-16)19(24)28-14-15-10-12-22(13-11-15)20(25)26/h1-9,15,23,27H,10-14H2,(H,25,26).